The van der Waals surface area contributed by atoms with Gasteiger partial charge in [0.2, 0.25) is 8.32 Å². The number of aldehydes is 1. The van der Waals surface area contributed by atoms with Gasteiger partial charge < -0.3 is 9.22 Å². The minimum atomic E-state index is -1.85. The fourth-order valence-corrected chi connectivity index (χ4v) is 9.04. The molecule has 18 heavy (non-hydrogen) atoms. The third kappa shape index (κ3) is 3.67. The van der Waals surface area contributed by atoms with Gasteiger partial charge in [0.05, 0.1) is 6.10 Å². The molecule has 2 nitrogen and oxygen atoms in total. The lowest BCUT2D eigenvalue weighted by molar-refractivity contribution is -0.113. The van der Waals surface area contributed by atoms with Gasteiger partial charge in [-0.05, 0) is 23.0 Å². The van der Waals surface area contributed by atoms with Gasteiger partial charge in [0.15, 0.2) is 0 Å². The largest absolute Gasteiger partial charge is 0.412 e. The lowest BCUT2D eigenvalue weighted by atomic mass is 10.1. The van der Waals surface area contributed by atoms with E-state index in [9.17, 15) is 4.79 Å². The summed E-state index contributed by atoms with van der Waals surface area (Å²) in [5.74, 6) is -0.00174. The molecule has 0 amide bonds. The molecule has 0 aliphatic heterocycles. The van der Waals surface area contributed by atoms with E-state index in [0.717, 1.165) is 12.7 Å². The van der Waals surface area contributed by atoms with E-state index in [0.29, 0.717) is 16.6 Å². The molecular weight excluding hydrogens is 240 g/mol. The molecule has 0 fully saturated rings. The van der Waals surface area contributed by atoms with Gasteiger partial charge in [-0.2, -0.15) is 0 Å². The van der Waals surface area contributed by atoms with Gasteiger partial charge in [-0.15, -0.1) is 0 Å². The van der Waals surface area contributed by atoms with E-state index in [1.807, 2.05) is 6.92 Å². The Bertz CT molecular complexity index is 227. The molecule has 0 radical (unpaired) electrons. The highest BCUT2D eigenvalue weighted by atomic mass is 28.4. The summed E-state index contributed by atoms with van der Waals surface area (Å²) in [5.41, 5.74) is 1.72. The zero-order valence-electron chi connectivity index (χ0n) is 13.5. The van der Waals surface area contributed by atoms with Crippen LogP contribution in [-0.4, -0.2) is 20.7 Å². The van der Waals surface area contributed by atoms with Crippen LogP contribution in [0.5, 0.6) is 0 Å². The Hall–Kier alpha value is -0.153. The smallest absolute Gasteiger partial charge is 0.200 e. The topological polar surface area (TPSA) is 26.3 Å². The highest BCUT2D eigenvalue weighted by molar-refractivity contribution is 6.77. The van der Waals surface area contributed by atoms with Crippen LogP contribution in [0.1, 0.15) is 61.8 Å². The van der Waals surface area contributed by atoms with Crippen molar-refractivity contribution in [2.45, 2.75) is 84.5 Å². The van der Waals surface area contributed by atoms with Crippen LogP contribution in [0.3, 0.4) is 0 Å². The molecule has 0 bridgehead atoms. The molecule has 0 unspecified atom stereocenters. The minimum absolute atomic E-state index is 0.00174. The first-order valence-corrected chi connectivity index (χ1v) is 9.51. The molecule has 0 aliphatic rings. The zero-order valence-corrected chi connectivity index (χ0v) is 14.5. The molecule has 0 aromatic carbocycles. The van der Waals surface area contributed by atoms with Gasteiger partial charge in [-0.3, -0.25) is 0 Å². The maximum Gasteiger partial charge on any atom is 0.200 e. The van der Waals surface area contributed by atoms with E-state index in [-0.39, 0.29) is 12.0 Å². The highest BCUT2D eigenvalue weighted by Gasteiger charge is 2.46. The fourth-order valence-electron chi connectivity index (χ4n) is 3.32. The van der Waals surface area contributed by atoms with Crippen molar-refractivity contribution in [3.05, 3.63) is 0 Å². The third-order valence-corrected chi connectivity index (χ3v) is 10.4. The first kappa shape index (κ1) is 17.8. The number of carbonyl (C=O) groups excluding carboxylic acids is 1. The molecule has 0 N–H and O–H groups in total. The molecule has 0 spiro atoms. The normalized spacial score (nSPS) is 16.4. The quantitative estimate of drug-likeness (QED) is 0.469. The summed E-state index contributed by atoms with van der Waals surface area (Å²) >= 11 is 0. The van der Waals surface area contributed by atoms with Crippen molar-refractivity contribution in [1.82, 2.24) is 0 Å². The summed E-state index contributed by atoms with van der Waals surface area (Å²) in [6, 6.07) is 0. The maximum atomic E-state index is 11.0. The maximum absolute atomic E-state index is 11.0. The van der Waals surface area contributed by atoms with Crippen molar-refractivity contribution in [3.63, 3.8) is 0 Å². The predicted molar refractivity (Wildman–Crippen MR) is 81.4 cm³/mol. The summed E-state index contributed by atoms with van der Waals surface area (Å²) in [6.45, 7) is 17.8. The summed E-state index contributed by atoms with van der Waals surface area (Å²) in [6.07, 6.45) is 2.04. The van der Waals surface area contributed by atoms with Crippen molar-refractivity contribution in [2.75, 3.05) is 0 Å². The highest BCUT2D eigenvalue weighted by Crippen LogP contribution is 2.43. The summed E-state index contributed by atoms with van der Waals surface area (Å²) in [7, 11) is -1.85. The van der Waals surface area contributed by atoms with Crippen LogP contribution in [0.15, 0.2) is 0 Å². The fraction of sp³-hybridized carbons (Fsp3) is 0.933. The first-order valence-electron chi connectivity index (χ1n) is 7.37. The molecule has 0 aromatic heterocycles. The summed E-state index contributed by atoms with van der Waals surface area (Å²) in [5, 5.41) is 0. The average molecular weight is 273 g/mol. The summed E-state index contributed by atoms with van der Waals surface area (Å²) in [4.78, 5) is 11.0. The van der Waals surface area contributed by atoms with E-state index in [4.69, 9.17) is 4.43 Å². The van der Waals surface area contributed by atoms with E-state index in [2.05, 4.69) is 48.5 Å². The Labute approximate surface area is 115 Å². The second-order valence-electron chi connectivity index (χ2n) is 6.38. The third-order valence-electron chi connectivity index (χ3n) is 4.27. The number of carbonyl (C=O) groups is 1. The van der Waals surface area contributed by atoms with Crippen LogP contribution in [0.2, 0.25) is 16.6 Å². The van der Waals surface area contributed by atoms with Gasteiger partial charge >= 0.3 is 0 Å². The standard InChI is InChI=1S/C15H32O2Si/c1-9-15(14(8)10-16)17-18(11(2)3,12(4)5)13(6)7/h10-15H,9H2,1-8H3/t14-,15+/m0/s1. The molecule has 0 aliphatic carbocycles. The molecular formula is C15H32O2Si. The van der Waals surface area contributed by atoms with Gasteiger partial charge in [0.1, 0.15) is 6.29 Å². The van der Waals surface area contributed by atoms with Crippen molar-refractivity contribution < 1.29 is 9.22 Å². The molecule has 0 saturated heterocycles. The van der Waals surface area contributed by atoms with Crippen LogP contribution in [0.25, 0.3) is 0 Å². The lowest BCUT2D eigenvalue weighted by Crippen LogP contribution is -2.51. The molecule has 0 heterocycles. The Morgan fingerprint density at radius 1 is 0.944 bits per heavy atom. The van der Waals surface area contributed by atoms with Crippen molar-refractivity contribution in [1.29, 1.82) is 0 Å². The zero-order chi connectivity index (χ0) is 14.5. The van der Waals surface area contributed by atoms with Gasteiger partial charge in [-0.1, -0.05) is 55.4 Å². The van der Waals surface area contributed by atoms with Crippen LogP contribution < -0.4 is 0 Å². The van der Waals surface area contributed by atoms with E-state index >= 15 is 0 Å². The van der Waals surface area contributed by atoms with E-state index < -0.39 is 8.32 Å². The van der Waals surface area contributed by atoms with Gasteiger partial charge in [-0.25, -0.2) is 0 Å². The number of rotatable bonds is 8. The Morgan fingerprint density at radius 2 is 1.33 bits per heavy atom. The SMILES string of the molecule is CC[C@@H](O[Si](C(C)C)(C(C)C)C(C)C)[C@@H](C)C=O. The van der Waals surface area contributed by atoms with E-state index in [1.54, 1.807) is 0 Å². The molecule has 0 rings (SSSR count). The molecule has 0 saturated carbocycles. The monoisotopic (exact) mass is 272 g/mol. The van der Waals surface area contributed by atoms with Crippen molar-refractivity contribution in [2.24, 2.45) is 5.92 Å². The van der Waals surface area contributed by atoms with Gasteiger partial charge in [0, 0.05) is 5.92 Å². The minimum Gasteiger partial charge on any atom is -0.412 e. The Morgan fingerprint density at radius 3 is 1.56 bits per heavy atom. The second kappa shape index (κ2) is 7.44. The predicted octanol–water partition coefficient (Wildman–Crippen LogP) is 4.79. The van der Waals surface area contributed by atoms with Crippen LogP contribution >= 0.6 is 0 Å². The van der Waals surface area contributed by atoms with Gasteiger partial charge in [0.25, 0.3) is 0 Å². The number of hydrogen-bond acceptors (Lipinski definition) is 2. The van der Waals surface area contributed by atoms with Crippen LogP contribution in [-0.2, 0) is 9.22 Å². The lowest BCUT2D eigenvalue weighted by Gasteiger charge is -2.45. The Kier molecular flexibility index (Phi) is 7.38. The van der Waals surface area contributed by atoms with Crippen molar-refractivity contribution in [3.8, 4) is 0 Å². The first-order chi connectivity index (χ1) is 8.23. The molecule has 108 valence electrons. The van der Waals surface area contributed by atoms with Crippen LogP contribution in [0.4, 0.5) is 0 Å². The number of hydrogen-bond donors (Lipinski definition) is 0. The van der Waals surface area contributed by atoms with Crippen molar-refractivity contribution >= 4 is 14.6 Å². The molecule has 3 heteroatoms. The Balaban J connectivity index is 5.26. The second-order valence-corrected chi connectivity index (χ2v) is 11.8. The molecule has 0 aromatic rings. The van der Waals surface area contributed by atoms with E-state index in [1.165, 1.54) is 0 Å². The van der Waals surface area contributed by atoms with Crippen LogP contribution in [0, 0.1) is 5.92 Å². The summed E-state index contributed by atoms with van der Waals surface area (Å²) < 4.78 is 6.63. The molecule has 2 atom stereocenters. The average Bonchev–Trinajstić information content (AvgIpc) is 2.28.